The molecule has 0 spiro atoms. The number of aromatic nitrogens is 4. The molecule has 3 heterocycles. The monoisotopic (exact) mass is 632 g/mol. The summed E-state index contributed by atoms with van der Waals surface area (Å²) in [5, 5.41) is 46.1. The molecule has 6 N–H and O–H groups in total. The summed E-state index contributed by atoms with van der Waals surface area (Å²) in [5.74, 6) is 12.6. The molecule has 0 amide bonds. The highest BCUT2D eigenvalue weighted by Crippen LogP contribution is 2.37. The van der Waals surface area contributed by atoms with Crippen LogP contribution in [0.15, 0.2) is 77.6 Å². The Morgan fingerprint density at radius 1 is 0.812 bits per heavy atom. The van der Waals surface area contributed by atoms with E-state index in [-0.39, 0.29) is 22.9 Å². The van der Waals surface area contributed by atoms with Crippen LogP contribution in [0.4, 0.5) is 5.95 Å². The van der Waals surface area contributed by atoms with E-state index >= 15 is 0 Å². The number of anilines is 1. The summed E-state index contributed by atoms with van der Waals surface area (Å²) < 4.78 is 7.09. The van der Waals surface area contributed by atoms with Crippen molar-refractivity contribution in [1.82, 2.24) is 19.5 Å². The Labute approximate surface area is 271 Å². The van der Waals surface area contributed by atoms with Crippen molar-refractivity contribution < 1.29 is 20.1 Å². The molecule has 1 aliphatic rings. The first-order chi connectivity index (χ1) is 23.3. The SMILES string of the molecule is N#Cc1ccc(C#Cc2ccc3ccc4c(C#Cc5nc6c(=O)[nH]c(N)nc6n5[C@@H]5O[C@H](CO)[C@@H](O)[C@H]5O)ccc5ccc2c3c54)cc1. The Morgan fingerprint density at radius 3 is 2.02 bits per heavy atom. The largest absolute Gasteiger partial charge is 0.394 e. The number of nitrogens with zero attached hydrogens (tertiary/aromatic N) is 4. The van der Waals surface area contributed by atoms with Crippen molar-refractivity contribution in [2.75, 3.05) is 12.3 Å². The van der Waals surface area contributed by atoms with E-state index in [0.29, 0.717) is 11.1 Å². The van der Waals surface area contributed by atoms with Crippen LogP contribution in [0.5, 0.6) is 0 Å². The number of benzene rings is 5. The third-order valence-electron chi connectivity index (χ3n) is 8.67. The summed E-state index contributed by atoms with van der Waals surface area (Å²) in [6, 6.07) is 25.4. The van der Waals surface area contributed by atoms with E-state index in [9.17, 15) is 20.1 Å². The van der Waals surface area contributed by atoms with Gasteiger partial charge in [0, 0.05) is 16.7 Å². The standard InChI is InChI=1S/C37H24N6O5/c38-17-20-3-1-19(2-4-20)5-6-21-7-9-23-12-15-26-22(8-10-24-11-14-25(21)29(23)30(24)26)13-16-28-40-31-34(41-37(39)42-35(31)47)43(28)36-33(46)32(45)27(18-44)48-36/h1-4,7-12,14-15,27,32-33,36,44-46H,18H2,(H3,39,41,42,47)/t27-,32-,33-,36-/m1/s1. The minimum atomic E-state index is -1.47. The maximum Gasteiger partial charge on any atom is 0.280 e. The number of nitrogens with two attached hydrogens (primary N) is 1. The highest BCUT2D eigenvalue weighted by Gasteiger charge is 2.45. The summed E-state index contributed by atoms with van der Waals surface area (Å²) in [7, 11) is 0. The molecule has 4 atom stereocenters. The van der Waals surface area contributed by atoms with Gasteiger partial charge in [-0.1, -0.05) is 54.2 Å². The van der Waals surface area contributed by atoms with Crippen molar-refractivity contribution in [1.29, 1.82) is 5.26 Å². The number of nitriles is 1. The minimum Gasteiger partial charge on any atom is -0.394 e. The third-order valence-corrected chi connectivity index (χ3v) is 8.67. The van der Waals surface area contributed by atoms with Gasteiger partial charge < -0.3 is 25.8 Å². The summed E-state index contributed by atoms with van der Waals surface area (Å²) in [4.78, 5) is 23.8. The number of imidazole rings is 1. The van der Waals surface area contributed by atoms with E-state index in [1.165, 1.54) is 4.57 Å². The van der Waals surface area contributed by atoms with E-state index in [1.807, 2.05) is 48.5 Å². The maximum absolute atomic E-state index is 12.8. The highest BCUT2D eigenvalue weighted by atomic mass is 16.6. The van der Waals surface area contributed by atoms with Crippen LogP contribution in [0, 0.1) is 35.0 Å². The number of H-pyrrole nitrogens is 1. The van der Waals surface area contributed by atoms with E-state index in [1.54, 1.807) is 12.1 Å². The molecule has 1 fully saturated rings. The first-order valence-corrected chi connectivity index (χ1v) is 15.0. The van der Waals surface area contributed by atoms with Crippen molar-refractivity contribution in [3.05, 3.63) is 111 Å². The van der Waals surface area contributed by atoms with Gasteiger partial charge in [-0.15, -0.1) is 0 Å². The number of hydrogen-bond acceptors (Lipinski definition) is 9. The zero-order valence-electron chi connectivity index (χ0n) is 25.0. The molecule has 11 heteroatoms. The zero-order chi connectivity index (χ0) is 33.1. The van der Waals surface area contributed by atoms with Crippen LogP contribution in [0.1, 0.15) is 34.3 Å². The van der Waals surface area contributed by atoms with Crippen molar-refractivity contribution in [2.24, 2.45) is 0 Å². The molecular weight excluding hydrogens is 608 g/mol. The number of ether oxygens (including phenoxy) is 1. The molecule has 232 valence electrons. The minimum absolute atomic E-state index is 0.0143. The first kappa shape index (κ1) is 29.2. The number of hydrogen-bond donors (Lipinski definition) is 5. The molecule has 1 saturated heterocycles. The Kier molecular flexibility index (Phi) is 6.81. The second-order valence-electron chi connectivity index (χ2n) is 11.5. The molecule has 2 aromatic heterocycles. The van der Waals surface area contributed by atoms with Gasteiger partial charge in [0.05, 0.1) is 18.2 Å². The Balaban J connectivity index is 1.27. The van der Waals surface area contributed by atoms with Crippen molar-refractivity contribution in [3.63, 3.8) is 0 Å². The molecule has 8 rings (SSSR count). The highest BCUT2D eigenvalue weighted by molar-refractivity contribution is 6.24. The fraction of sp³-hybridized carbons (Fsp3) is 0.135. The Bertz CT molecular complexity index is 2650. The van der Waals surface area contributed by atoms with Gasteiger partial charge >= 0.3 is 0 Å². The van der Waals surface area contributed by atoms with Crippen LogP contribution >= 0.6 is 0 Å². The molecule has 5 aromatic carbocycles. The molecule has 0 unspecified atom stereocenters. The molecule has 11 nitrogen and oxygen atoms in total. The lowest BCUT2D eigenvalue weighted by atomic mass is 9.90. The number of aliphatic hydroxyl groups excluding tert-OH is 3. The number of nitrogen functional groups attached to an aromatic ring is 1. The van der Waals surface area contributed by atoms with Gasteiger partial charge in [-0.3, -0.25) is 14.3 Å². The van der Waals surface area contributed by atoms with Gasteiger partial charge in [0.2, 0.25) is 5.95 Å². The van der Waals surface area contributed by atoms with Crippen molar-refractivity contribution >= 4 is 49.4 Å². The summed E-state index contributed by atoms with van der Waals surface area (Å²) >= 11 is 0. The zero-order valence-corrected chi connectivity index (χ0v) is 25.0. The van der Waals surface area contributed by atoms with E-state index < -0.39 is 36.7 Å². The van der Waals surface area contributed by atoms with Gasteiger partial charge in [-0.25, -0.2) is 4.98 Å². The van der Waals surface area contributed by atoms with E-state index in [4.69, 9.17) is 15.7 Å². The molecule has 0 bridgehead atoms. The molecule has 0 saturated carbocycles. The van der Waals surface area contributed by atoms with Crippen LogP contribution in [0.25, 0.3) is 43.5 Å². The van der Waals surface area contributed by atoms with Crippen molar-refractivity contribution in [2.45, 2.75) is 24.5 Å². The second kappa shape index (κ2) is 11.2. The van der Waals surface area contributed by atoms with E-state index in [0.717, 1.165) is 43.4 Å². The average Bonchev–Trinajstić information content (AvgIpc) is 3.61. The second-order valence-corrected chi connectivity index (χ2v) is 11.5. The van der Waals surface area contributed by atoms with Gasteiger partial charge in [-0.05, 0) is 74.6 Å². The molecular formula is C37H24N6O5. The van der Waals surface area contributed by atoms with Crippen LogP contribution in [0.3, 0.4) is 0 Å². The number of rotatable bonds is 2. The number of nitrogens with one attached hydrogen (secondary N) is 1. The maximum atomic E-state index is 12.8. The topological polar surface area (TPSA) is 183 Å². The molecule has 1 aliphatic heterocycles. The molecule has 7 aromatic rings. The summed E-state index contributed by atoms with van der Waals surface area (Å²) in [5.41, 5.74) is 8.10. The summed E-state index contributed by atoms with van der Waals surface area (Å²) in [6.07, 6.45) is -5.18. The van der Waals surface area contributed by atoms with Crippen LogP contribution in [-0.2, 0) is 4.74 Å². The quantitative estimate of drug-likeness (QED) is 0.141. The Morgan fingerprint density at radius 2 is 1.42 bits per heavy atom. The number of fused-ring (bicyclic) bond motifs is 1. The van der Waals surface area contributed by atoms with Gasteiger partial charge in [0.1, 0.15) is 18.3 Å². The Hall–Kier alpha value is -6.26. The molecule has 0 aliphatic carbocycles. The van der Waals surface area contributed by atoms with Crippen LogP contribution in [0.2, 0.25) is 0 Å². The van der Waals surface area contributed by atoms with E-state index in [2.05, 4.69) is 56.8 Å². The smallest absolute Gasteiger partial charge is 0.280 e. The van der Waals surface area contributed by atoms with Crippen LogP contribution in [-0.4, -0.2) is 59.8 Å². The van der Waals surface area contributed by atoms with Gasteiger partial charge in [-0.2, -0.15) is 10.2 Å². The predicted octanol–water partition coefficient (Wildman–Crippen LogP) is 2.88. The number of aromatic amines is 1. The fourth-order valence-electron chi connectivity index (χ4n) is 6.33. The van der Waals surface area contributed by atoms with Gasteiger partial charge in [0.25, 0.3) is 5.56 Å². The van der Waals surface area contributed by atoms with Crippen molar-refractivity contribution in [3.8, 4) is 29.8 Å². The number of aliphatic hydroxyl groups is 3. The fourth-order valence-corrected chi connectivity index (χ4v) is 6.33. The average molecular weight is 633 g/mol. The molecule has 0 radical (unpaired) electrons. The third kappa shape index (κ3) is 4.61. The predicted molar refractivity (Wildman–Crippen MR) is 179 cm³/mol. The summed E-state index contributed by atoms with van der Waals surface area (Å²) in [6.45, 7) is -0.538. The lowest BCUT2D eigenvalue weighted by Crippen LogP contribution is -2.33. The van der Waals surface area contributed by atoms with Gasteiger partial charge in [0.15, 0.2) is 23.2 Å². The lowest BCUT2D eigenvalue weighted by molar-refractivity contribution is -0.0514. The normalized spacial score (nSPS) is 19.0. The molecule has 48 heavy (non-hydrogen) atoms. The van der Waals surface area contributed by atoms with Crippen LogP contribution < -0.4 is 11.3 Å². The first-order valence-electron chi connectivity index (χ1n) is 15.0. The lowest BCUT2D eigenvalue weighted by Gasteiger charge is -2.17.